The summed E-state index contributed by atoms with van der Waals surface area (Å²) in [6, 6.07) is 15.3. The zero-order valence-corrected chi connectivity index (χ0v) is 19.1. The number of hydrogen-bond acceptors (Lipinski definition) is 8. The van der Waals surface area contributed by atoms with Crippen molar-refractivity contribution < 1.29 is 18.9 Å². The number of anilines is 1. The molecule has 1 aromatic heterocycles. The van der Waals surface area contributed by atoms with E-state index in [4.69, 9.17) is 9.15 Å². The highest BCUT2D eigenvalue weighted by atomic mass is 16.6. The third kappa shape index (κ3) is 5.47. The molecule has 0 saturated carbocycles. The second kappa shape index (κ2) is 10.5. The molecule has 178 valence electrons. The summed E-state index contributed by atoms with van der Waals surface area (Å²) in [5, 5.41) is 20.5. The van der Waals surface area contributed by atoms with E-state index in [1.54, 1.807) is 53.5 Å². The van der Waals surface area contributed by atoms with E-state index in [1.165, 1.54) is 12.1 Å². The maximum atomic E-state index is 12.9. The number of nitriles is 1. The monoisotopic (exact) mass is 473 g/mol. The van der Waals surface area contributed by atoms with Crippen molar-refractivity contribution >= 4 is 29.6 Å². The van der Waals surface area contributed by atoms with Gasteiger partial charge in [0.05, 0.1) is 11.5 Å². The smallest absolute Gasteiger partial charge is 0.270 e. The Morgan fingerprint density at radius 1 is 1.20 bits per heavy atom. The third-order valence-corrected chi connectivity index (χ3v) is 5.50. The van der Waals surface area contributed by atoms with Gasteiger partial charge in [-0.1, -0.05) is 12.1 Å². The minimum Gasteiger partial charge on any atom is -0.494 e. The Balaban J connectivity index is 1.41. The summed E-state index contributed by atoms with van der Waals surface area (Å²) in [7, 11) is 0. The van der Waals surface area contributed by atoms with E-state index in [2.05, 4.69) is 4.98 Å². The quantitative estimate of drug-likeness (QED) is 0.372. The van der Waals surface area contributed by atoms with Crippen LogP contribution < -0.4 is 9.64 Å². The van der Waals surface area contributed by atoms with E-state index in [1.807, 2.05) is 17.9 Å². The highest BCUT2D eigenvalue weighted by molar-refractivity contribution is 5.94. The molecule has 0 spiro atoms. The van der Waals surface area contributed by atoms with Crippen LogP contribution >= 0.6 is 0 Å². The molecule has 2 heterocycles. The lowest BCUT2D eigenvalue weighted by atomic mass is 10.1. The fourth-order valence-electron chi connectivity index (χ4n) is 3.75. The molecule has 4 rings (SSSR count). The summed E-state index contributed by atoms with van der Waals surface area (Å²) in [6.45, 7) is 4.38. The standard InChI is InChI=1S/C25H23N5O5/c1-2-34-21-9-7-19(8-10-21)24(31)28-12-14-29(15-13-28)25-22(17-26)27-23(35-25)11-6-18-4-3-5-20(16-18)30(32)33/h3-11,16H,2,12-15H2,1H3/b11-6+. The van der Waals surface area contributed by atoms with E-state index in [9.17, 15) is 20.2 Å². The number of carbonyl (C=O) groups excluding carboxylic acids is 1. The van der Waals surface area contributed by atoms with Gasteiger partial charge in [-0.05, 0) is 42.8 Å². The number of oxazole rings is 1. The zero-order chi connectivity index (χ0) is 24.8. The van der Waals surface area contributed by atoms with Gasteiger partial charge in [0.25, 0.3) is 11.6 Å². The van der Waals surface area contributed by atoms with E-state index in [-0.39, 0.29) is 23.2 Å². The van der Waals surface area contributed by atoms with Crippen molar-refractivity contribution in [3.8, 4) is 11.8 Å². The topological polar surface area (TPSA) is 126 Å². The van der Waals surface area contributed by atoms with Gasteiger partial charge in [-0.3, -0.25) is 14.9 Å². The summed E-state index contributed by atoms with van der Waals surface area (Å²) in [5.74, 6) is 1.22. The lowest BCUT2D eigenvalue weighted by molar-refractivity contribution is -0.384. The Morgan fingerprint density at radius 2 is 1.94 bits per heavy atom. The Morgan fingerprint density at radius 3 is 2.60 bits per heavy atom. The minimum absolute atomic E-state index is 0.0180. The maximum Gasteiger partial charge on any atom is 0.270 e. The van der Waals surface area contributed by atoms with Crippen molar-refractivity contribution in [2.45, 2.75) is 6.92 Å². The summed E-state index contributed by atoms with van der Waals surface area (Å²) >= 11 is 0. The molecule has 10 heteroatoms. The second-order valence-electron chi connectivity index (χ2n) is 7.74. The van der Waals surface area contributed by atoms with Crippen LogP contribution in [0.4, 0.5) is 11.6 Å². The zero-order valence-electron chi connectivity index (χ0n) is 19.1. The van der Waals surface area contributed by atoms with Crippen LogP contribution in [0, 0.1) is 21.4 Å². The molecule has 2 aromatic carbocycles. The van der Waals surface area contributed by atoms with Crippen LogP contribution in [0.2, 0.25) is 0 Å². The predicted octanol–water partition coefficient (Wildman–Crippen LogP) is 3.99. The molecule has 0 aliphatic carbocycles. The highest BCUT2D eigenvalue weighted by Crippen LogP contribution is 2.25. The molecule has 0 atom stereocenters. The fraction of sp³-hybridized carbons (Fsp3) is 0.240. The first-order chi connectivity index (χ1) is 17.0. The lowest BCUT2D eigenvalue weighted by Crippen LogP contribution is -2.48. The third-order valence-electron chi connectivity index (χ3n) is 5.50. The van der Waals surface area contributed by atoms with Crippen LogP contribution in [0.1, 0.15) is 34.4 Å². The Bertz CT molecular complexity index is 1280. The molecular formula is C25H23N5O5. The molecule has 0 bridgehead atoms. The first kappa shape index (κ1) is 23.5. The number of benzene rings is 2. The highest BCUT2D eigenvalue weighted by Gasteiger charge is 2.26. The van der Waals surface area contributed by atoms with Crippen molar-refractivity contribution in [2.24, 2.45) is 0 Å². The number of nitro groups is 1. The number of hydrogen-bond donors (Lipinski definition) is 0. The van der Waals surface area contributed by atoms with Crippen LogP contribution in [0.3, 0.4) is 0 Å². The van der Waals surface area contributed by atoms with E-state index >= 15 is 0 Å². The summed E-state index contributed by atoms with van der Waals surface area (Å²) in [6.07, 6.45) is 3.20. The van der Waals surface area contributed by atoms with E-state index in [0.717, 1.165) is 5.75 Å². The van der Waals surface area contributed by atoms with Crippen LogP contribution in [0.25, 0.3) is 12.2 Å². The van der Waals surface area contributed by atoms with Gasteiger partial charge in [0, 0.05) is 50.0 Å². The Labute approximate surface area is 201 Å². The average Bonchev–Trinajstić information content (AvgIpc) is 3.31. The molecule has 1 aliphatic heterocycles. The molecule has 1 saturated heterocycles. The molecule has 1 amide bonds. The molecule has 0 N–H and O–H groups in total. The summed E-state index contributed by atoms with van der Waals surface area (Å²) in [5.41, 5.74) is 1.33. The minimum atomic E-state index is -0.464. The average molecular weight is 473 g/mol. The molecular weight excluding hydrogens is 450 g/mol. The van der Waals surface area contributed by atoms with Gasteiger partial charge in [-0.25, -0.2) is 0 Å². The van der Waals surface area contributed by atoms with Gasteiger partial charge in [0.2, 0.25) is 17.5 Å². The lowest BCUT2D eigenvalue weighted by Gasteiger charge is -2.34. The van der Waals surface area contributed by atoms with Crippen molar-refractivity contribution in [3.63, 3.8) is 0 Å². The molecule has 3 aromatic rings. The number of amides is 1. The molecule has 10 nitrogen and oxygen atoms in total. The van der Waals surface area contributed by atoms with Crippen LogP contribution in [0.5, 0.6) is 5.75 Å². The molecule has 1 fully saturated rings. The largest absolute Gasteiger partial charge is 0.494 e. The molecule has 0 unspecified atom stereocenters. The van der Waals surface area contributed by atoms with Gasteiger partial charge in [0.1, 0.15) is 11.8 Å². The number of piperazine rings is 1. The van der Waals surface area contributed by atoms with Crippen LogP contribution in [-0.4, -0.2) is 53.5 Å². The fourth-order valence-corrected chi connectivity index (χ4v) is 3.75. The second-order valence-corrected chi connectivity index (χ2v) is 7.74. The van der Waals surface area contributed by atoms with E-state index < -0.39 is 4.92 Å². The van der Waals surface area contributed by atoms with E-state index in [0.29, 0.717) is 49.8 Å². The Hall–Kier alpha value is -4.65. The molecule has 1 aliphatic rings. The SMILES string of the molecule is CCOc1ccc(C(=O)N2CCN(c3oc(/C=C/c4cccc([N+](=O)[O-])c4)nc3C#N)CC2)cc1. The first-order valence-electron chi connectivity index (χ1n) is 11.1. The molecule has 35 heavy (non-hydrogen) atoms. The summed E-state index contributed by atoms with van der Waals surface area (Å²) < 4.78 is 11.2. The van der Waals surface area contributed by atoms with Crippen molar-refractivity contribution in [3.05, 3.63) is 81.4 Å². The number of aromatic nitrogens is 1. The normalized spacial score (nSPS) is 13.6. The number of nitro benzene ring substituents is 1. The number of ether oxygens (including phenoxy) is 1. The van der Waals surface area contributed by atoms with Crippen molar-refractivity contribution in [1.82, 2.24) is 9.88 Å². The van der Waals surface area contributed by atoms with Gasteiger partial charge < -0.3 is 19.0 Å². The summed E-state index contributed by atoms with van der Waals surface area (Å²) in [4.78, 5) is 31.2. The van der Waals surface area contributed by atoms with Crippen LogP contribution in [-0.2, 0) is 0 Å². The van der Waals surface area contributed by atoms with Gasteiger partial charge in [-0.2, -0.15) is 10.2 Å². The van der Waals surface area contributed by atoms with Crippen molar-refractivity contribution in [1.29, 1.82) is 5.26 Å². The van der Waals surface area contributed by atoms with Gasteiger partial charge in [-0.15, -0.1) is 0 Å². The maximum absolute atomic E-state index is 12.9. The number of nitrogens with zero attached hydrogens (tertiary/aromatic N) is 5. The number of rotatable bonds is 7. The predicted molar refractivity (Wildman–Crippen MR) is 129 cm³/mol. The number of carbonyl (C=O) groups is 1. The molecule has 0 radical (unpaired) electrons. The first-order valence-corrected chi connectivity index (χ1v) is 11.1. The van der Waals surface area contributed by atoms with Crippen LogP contribution in [0.15, 0.2) is 52.9 Å². The van der Waals surface area contributed by atoms with Gasteiger partial charge in [0.15, 0.2) is 0 Å². The number of non-ortho nitro benzene ring substituents is 1. The Kier molecular flexibility index (Phi) is 7.07. The van der Waals surface area contributed by atoms with Crippen molar-refractivity contribution in [2.75, 3.05) is 37.7 Å². The van der Waals surface area contributed by atoms with Gasteiger partial charge >= 0.3 is 0 Å².